The summed E-state index contributed by atoms with van der Waals surface area (Å²) in [6.45, 7) is 3.45. The molecule has 1 heterocycles. The monoisotopic (exact) mass is 422 g/mol. The molecule has 0 unspecified atom stereocenters. The molecule has 1 aliphatic rings. The average Bonchev–Trinajstić information content (AvgIpc) is 3.06. The summed E-state index contributed by atoms with van der Waals surface area (Å²) >= 11 is 0. The van der Waals surface area contributed by atoms with Gasteiger partial charge >= 0.3 is 5.97 Å². The number of hydrogen-bond donors (Lipinski definition) is 1. The van der Waals surface area contributed by atoms with Crippen molar-refractivity contribution >= 4 is 29.5 Å². The number of benzene rings is 2. The summed E-state index contributed by atoms with van der Waals surface area (Å²) < 4.78 is 15.6. The van der Waals surface area contributed by atoms with Gasteiger partial charge in [-0.3, -0.25) is 15.0 Å². The topological polar surface area (TPSA) is 94.2 Å². The summed E-state index contributed by atoms with van der Waals surface area (Å²) in [5.74, 6) is -0.800. The van der Waals surface area contributed by atoms with Crippen molar-refractivity contribution in [3.05, 3.63) is 71.8 Å². The zero-order valence-electron chi connectivity index (χ0n) is 17.2. The molecule has 1 saturated heterocycles. The second kappa shape index (κ2) is 9.62. The van der Waals surface area contributed by atoms with Crippen molar-refractivity contribution in [2.75, 3.05) is 25.8 Å². The summed E-state index contributed by atoms with van der Waals surface area (Å²) in [4.78, 5) is 36.7. The number of carbonyl (C=O) groups is 3. The number of anilines is 1. The van der Waals surface area contributed by atoms with Crippen molar-refractivity contribution in [1.82, 2.24) is 5.43 Å². The first-order valence-corrected chi connectivity index (χ1v) is 9.42. The van der Waals surface area contributed by atoms with Gasteiger partial charge in [-0.15, -0.1) is 6.58 Å². The number of rotatable bonds is 8. The van der Waals surface area contributed by atoms with E-state index in [-0.39, 0.29) is 12.2 Å². The molecule has 2 amide bonds. The van der Waals surface area contributed by atoms with Crippen LogP contribution < -0.4 is 19.9 Å². The molecule has 2 aromatic carbocycles. The van der Waals surface area contributed by atoms with Gasteiger partial charge in [0.15, 0.2) is 18.1 Å². The summed E-state index contributed by atoms with van der Waals surface area (Å²) in [6.07, 6.45) is 3.57. The maximum absolute atomic E-state index is 12.8. The van der Waals surface area contributed by atoms with Gasteiger partial charge in [-0.1, -0.05) is 24.3 Å². The minimum atomic E-state index is -0.535. The maximum Gasteiger partial charge on any atom is 0.343 e. The molecule has 0 radical (unpaired) electrons. The third-order valence-electron chi connectivity index (χ3n) is 4.52. The predicted molar refractivity (Wildman–Crippen MR) is 114 cm³/mol. The average molecular weight is 422 g/mol. The molecule has 0 aromatic heterocycles. The Labute approximate surface area is 179 Å². The lowest BCUT2D eigenvalue weighted by atomic mass is 10.0. The van der Waals surface area contributed by atoms with E-state index in [9.17, 15) is 14.4 Å². The molecule has 0 spiro atoms. The highest BCUT2D eigenvalue weighted by Crippen LogP contribution is 2.35. The standard InChI is InChI=1S/C23H22N2O6/c1-4-8-16-11-15(13-19(29-2)21(16)31-14-20(26)30-3)12-18-22(27)24-25(23(18)28)17-9-6-5-7-10-17/h4-7,9-13H,1,8,14H2,2-3H3,(H,24,27). The first-order chi connectivity index (χ1) is 15.0. The predicted octanol–water partition coefficient (Wildman–Crippen LogP) is 2.44. The summed E-state index contributed by atoms with van der Waals surface area (Å²) in [5.41, 5.74) is 4.34. The van der Waals surface area contributed by atoms with Crippen molar-refractivity contribution in [3.8, 4) is 11.5 Å². The van der Waals surface area contributed by atoms with Crippen molar-refractivity contribution < 1.29 is 28.6 Å². The third-order valence-corrected chi connectivity index (χ3v) is 4.52. The van der Waals surface area contributed by atoms with E-state index in [0.29, 0.717) is 34.7 Å². The number of methoxy groups -OCH3 is 2. The van der Waals surface area contributed by atoms with Gasteiger partial charge in [0.1, 0.15) is 5.57 Å². The number of para-hydroxylation sites is 1. The van der Waals surface area contributed by atoms with E-state index >= 15 is 0 Å². The number of esters is 1. The van der Waals surface area contributed by atoms with Gasteiger partial charge in [-0.2, -0.15) is 0 Å². The Morgan fingerprint density at radius 1 is 1.16 bits per heavy atom. The zero-order valence-corrected chi connectivity index (χ0v) is 17.2. The van der Waals surface area contributed by atoms with Crippen LogP contribution in [0.15, 0.2) is 60.7 Å². The molecule has 0 atom stereocenters. The fourth-order valence-electron chi connectivity index (χ4n) is 3.06. The summed E-state index contributed by atoms with van der Waals surface area (Å²) in [5, 5.41) is 1.20. The number of carbonyl (C=O) groups excluding carboxylic acids is 3. The van der Waals surface area contributed by atoms with Crippen LogP contribution in [-0.4, -0.2) is 38.6 Å². The van der Waals surface area contributed by atoms with Crippen LogP contribution in [-0.2, 0) is 25.5 Å². The highest BCUT2D eigenvalue weighted by atomic mass is 16.6. The van der Waals surface area contributed by atoms with Gasteiger partial charge in [0.2, 0.25) is 0 Å². The number of amides is 2. The quantitative estimate of drug-likeness (QED) is 0.304. The van der Waals surface area contributed by atoms with Crippen molar-refractivity contribution in [2.24, 2.45) is 0 Å². The number of allylic oxidation sites excluding steroid dienone is 1. The smallest absolute Gasteiger partial charge is 0.343 e. The lowest BCUT2D eigenvalue weighted by Gasteiger charge is -2.15. The van der Waals surface area contributed by atoms with Gasteiger partial charge in [0.05, 0.1) is 19.9 Å². The number of nitrogens with one attached hydrogen (secondary N) is 1. The van der Waals surface area contributed by atoms with Crippen LogP contribution in [0.1, 0.15) is 11.1 Å². The molecule has 160 valence electrons. The Morgan fingerprint density at radius 3 is 2.55 bits per heavy atom. The van der Waals surface area contributed by atoms with E-state index in [1.54, 1.807) is 42.5 Å². The fraction of sp³-hybridized carbons (Fsp3) is 0.174. The Bertz CT molecular complexity index is 1050. The Kier molecular flexibility index (Phi) is 6.71. The molecule has 2 aromatic rings. The first-order valence-electron chi connectivity index (χ1n) is 9.42. The van der Waals surface area contributed by atoms with E-state index in [0.717, 1.165) is 0 Å². The van der Waals surface area contributed by atoms with E-state index in [4.69, 9.17) is 9.47 Å². The highest BCUT2D eigenvalue weighted by Gasteiger charge is 2.34. The number of hydrogen-bond acceptors (Lipinski definition) is 6. The van der Waals surface area contributed by atoms with Crippen LogP contribution >= 0.6 is 0 Å². The summed E-state index contributed by atoms with van der Waals surface area (Å²) in [7, 11) is 2.73. The van der Waals surface area contributed by atoms with E-state index in [2.05, 4.69) is 16.7 Å². The molecule has 8 nitrogen and oxygen atoms in total. The normalized spacial score (nSPS) is 14.4. The van der Waals surface area contributed by atoms with E-state index in [1.807, 2.05) is 6.07 Å². The summed E-state index contributed by atoms with van der Waals surface area (Å²) in [6, 6.07) is 12.2. The Balaban J connectivity index is 1.96. The van der Waals surface area contributed by atoms with Gasteiger partial charge in [0, 0.05) is 5.56 Å². The second-order valence-corrected chi connectivity index (χ2v) is 6.54. The van der Waals surface area contributed by atoms with Gasteiger partial charge in [-0.05, 0) is 42.3 Å². The molecule has 1 fully saturated rings. The molecular formula is C23H22N2O6. The van der Waals surface area contributed by atoms with Crippen LogP contribution in [0.4, 0.5) is 5.69 Å². The number of hydrazine groups is 1. The van der Waals surface area contributed by atoms with Crippen LogP contribution in [0.25, 0.3) is 6.08 Å². The molecule has 8 heteroatoms. The van der Waals surface area contributed by atoms with Gasteiger partial charge < -0.3 is 14.2 Å². The van der Waals surface area contributed by atoms with Crippen molar-refractivity contribution in [1.29, 1.82) is 0 Å². The molecule has 3 rings (SSSR count). The van der Waals surface area contributed by atoms with Crippen LogP contribution in [0, 0.1) is 0 Å². The number of ether oxygens (including phenoxy) is 3. The lowest BCUT2D eigenvalue weighted by molar-refractivity contribution is -0.143. The zero-order chi connectivity index (χ0) is 22.4. The van der Waals surface area contributed by atoms with Crippen molar-refractivity contribution in [3.63, 3.8) is 0 Å². The van der Waals surface area contributed by atoms with Crippen LogP contribution in [0.5, 0.6) is 11.5 Å². The fourth-order valence-corrected chi connectivity index (χ4v) is 3.06. The SMILES string of the molecule is C=CCc1cc(C=C2C(=O)NN(c3ccccc3)C2=O)cc(OC)c1OCC(=O)OC. The third kappa shape index (κ3) is 4.75. The largest absolute Gasteiger partial charge is 0.493 e. The highest BCUT2D eigenvalue weighted by molar-refractivity contribution is 6.31. The lowest BCUT2D eigenvalue weighted by Crippen LogP contribution is -2.35. The number of nitrogens with zero attached hydrogens (tertiary/aromatic N) is 1. The Morgan fingerprint density at radius 2 is 1.90 bits per heavy atom. The molecule has 0 aliphatic carbocycles. The Hall–Kier alpha value is -4.07. The second-order valence-electron chi connectivity index (χ2n) is 6.54. The maximum atomic E-state index is 12.8. The van der Waals surface area contributed by atoms with Crippen LogP contribution in [0.3, 0.4) is 0 Å². The molecular weight excluding hydrogens is 400 g/mol. The van der Waals surface area contributed by atoms with Gasteiger partial charge in [-0.25, -0.2) is 9.80 Å². The minimum Gasteiger partial charge on any atom is -0.493 e. The van der Waals surface area contributed by atoms with E-state index in [1.165, 1.54) is 25.3 Å². The molecule has 0 bridgehead atoms. The van der Waals surface area contributed by atoms with Crippen molar-refractivity contribution in [2.45, 2.75) is 6.42 Å². The van der Waals surface area contributed by atoms with E-state index < -0.39 is 17.8 Å². The molecule has 1 N–H and O–H groups in total. The molecule has 1 aliphatic heterocycles. The molecule has 0 saturated carbocycles. The minimum absolute atomic E-state index is 0.0151. The van der Waals surface area contributed by atoms with Gasteiger partial charge in [0.25, 0.3) is 11.8 Å². The first kappa shape index (κ1) is 21.6. The molecule has 31 heavy (non-hydrogen) atoms. The van der Waals surface area contributed by atoms with Crippen LogP contribution in [0.2, 0.25) is 0 Å².